The molecule has 154 valence electrons. The molecule has 1 aliphatic heterocycles. The molecule has 0 radical (unpaired) electrons. The van der Waals surface area contributed by atoms with Gasteiger partial charge in [-0.15, -0.1) is 35.3 Å². The number of likely N-dealkylation sites (tertiary alicyclic amines) is 1. The van der Waals surface area contributed by atoms with E-state index >= 15 is 0 Å². The highest BCUT2D eigenvalue weighted by atomic mass is 127. The van der Waals surface area contributed by atoms with Crippen molar-refractivity contribution in [3.05, 3.63) is 52.2 Å². The van der Waals surface area contributed by atoms with Crippen LogP contribution in [0, 0.1) is 0 Å². The molecule has 0 amide bonds. The first-order valence-corrected chi connectivity index (χ1v) is 10.4. The normalized spacial score (nSPS) is 15.8. The van der Waals surface area contributed by atoms with Crippen LogP contribution in [0.3, 0.4) is 0 Å². The number of nitrogens with zero attached hydrogens (tertiary/aromatic N) is 3. The summed E-state index contributed by atoms with van der Waals surface area (Å²) in [4.78, 5) is 10.7. The number of aliphatic imine (C=N–C) groups is 1. The van der Waals surface area contributed by atoms with Gasteiger partial charge in [-0.2, -0.15) is 0 Å². The Bertz CT molecular complexity index is 715. The number of halogens is 1. The Morgan fingerprint density at radius 2 is 1.96 bits per heavy atom. The Labute approximate surface area is 189 Å². The minimum Gasteiger partial charge on any atom is -0.497 e. The third-order valence-corrected chi connectivity index (χ3v) is 6.03. The third kappa shape index (κ3) is 6.09. The van der Waals surface area contributed by atoms with Gasteiger partial charge in [-0.1, -0.05) is 18.2 Å². The maximum atomic E-state index is 5.24. The number of ether oxygens (including phenoxy) is 1. The molecule has 0 spiro atoms. The van der Waals surface area contributed by atoms with Crippen molar-refractivity contribution in [2.45, 2.75) is 25.4 Å². The second-order valence-corrected chi connectivity index (χ2v) is 7.89. The van der Waals surface area contributed by atoms with Crippen LogP contribution in [0.5, 0.6) is 5.75 Å². The predicted octanol–water partition coefficient (Wildman–Crippen LogP) is 4.22. The number of hydrogen-bond acceptors (Lipinski definition) is 4. The average Bonchev–Trinajstić information content (AvgIpc) is 3.40. The van der Waals surface area contributed by atoms with E-state index in [0.29, 0.717) is 6.04 Å². The van der Waals surface area contributed by atoms with Crippen LogP contribution >= 0.6 is 35.3 Å². The number of rotatable bonds is 7. The van der Waals surface area contributed by atoms with Crippen molar-refractivity contribution in [2.75, 3.05) is 40.8 Å². The molecule has 1 atom stereocenters. The van der Waals surface area contributed by atoms with Gasteiger partial charge < -0.3 is 15.0 Å². The van der Waals surface area contributed by atoms with E-state index in [1.54, 1.807) is 7.11 Å². The van der Waals surface area contributed by atoms with Crippen molar-refractivity contribution < 1.29 is 4.74 Å². The van der Waals surface area contributed by atoms with E-state index < -0.39 is 0 Å². The van der Waals surface area contributed by atoms with Gasteiger partial charge in [-0.25, -0.2) is 0 Å². The van der Waals surface area contributed by atoms with Crippen molar-refractivity contribution in [3.8, 4) is 5.75 Å². The van der Waals surface area contributed by atoms with Crippen molar-refractivity contribution in [2.24, 2.45) is 4.99 Å². The van der Waals surface area contributed by atoms with Gasteiger partial charge in [0.1, 0.15) is 5.75 Å². The second kappa shape index (κ2) is 11.6. The highest BCUT2D eigenvalue weighted by Gasteiger charge is 2.24. The zero-order valence-corrected chi connectivity index (χ0v) is 20.1. The van der Waals surface area contributed by atoms with Gasteiger partial charge in [0, 0.05) is 32.1 Å². The molecular formula is C21H31IN4OS. The number of benzene rings is 1. The molecule has 0 bridgehead atoms. The highest BCUT2D eigenvalue weighted by Crippen LogP contribution is 2.27. The lowest BCUT2D eigenvalue weighted by molar-refractivity contribution is 0.247. The lowest BCUT2D eigenvalue weighted by Crippen LogP contribution is -2.43. The molecule has 1 fully saturated rings. The molecule has 0 saturated carbocycles. The molecule has 3 rings (SSSR count). The van der Waals surface area contributed by atoms with Crippen LogP contribution in [-0.2, 0) is 6.54 Å². The van der Waals surface area contributed by atoms with E-state index in [0.717, 1.165) is 24.8 Å². The number of hydrogen-bond donors (Lipinski definition) is 1. The molecule has 28 heavy (non-hydrogen) atoms. The Balaban J connectivity index is 0.00000280. The van der Waals surface area contributed by atoms with E-state index in [-0.39, 0.29) is 24.0 Å². The quantitative estimate of drug-likeness (QED) is 0.341. The van der Waals surface area contributed by atoms with E-state index in [1.807, 2.05) is 30.5 Å². The standard InChI is InChI=1S/C21H30N4OS.HI/c1-22-21(24(2)16-17-8-10-18(26-3)11-9-17)23-15-19(20-7-6-14-27-20)25-12-4-5-13-25;/h6-11,14,19H,4-5,12-13,15-16H2,1-3H3,(H,22,23);1H. The van der Waals surface area contributed by atoms with E-state index in [2.05, 4.69) is 56.8 Å². The van der Waals surface area contributed by atoms with Crippen LogP contribution < -0.4 is 10.1 Å². The maximum Gasteiger partial charge on any atom is 0.193 e. The van der Waals surface area contributed by atoms with Crippen LogP contribution in [0.2, 0.25) is 0 Å². The SMILES string of the molecule is CN=C(NCC(c1cccs1)N1CCCC1)N(C)Cc1ccc(OC)cc1.I. The van der Waals surface area contributed by atoms with Crippen molar-refractivity contribution >= 4 is 41.3 Å². The molecule has 1 aromatic carbocycles. The first-order valence-electron chi connectivity index (χ1n) is 9.53. The number of methoxy groups -OCH3 is 1. The molecule has 1 saturated heterocycles. The lowest BCUT2D eigenvalue weighted by atomic mass is 10.2. The average molecular weight is 514 g/mol. The molecule has 5 nitrogen and oxygen atoms in total. The number of guanidine groups is 1. The number of thiophene rings is 1. The summed E-state index contributed by atoms with van der Waals surface area (Å²) in [5.41, 5.74) is 1.23. The molecule has 7 heteroatoms. The summed E-state index contributed by atoms with van der Waals surface area (Å²) in [5.74, 6) is 1.81. The Morgan fingerprint density at radius 3 is 2.54 bits per heavy atom. The molecule has 1 unspecified atom stereocenters. The van der Waals surface area contributed by atoms with Gasteiger partial charge >= 0.3 is 0 Å². The summed E-state index contributed by atoms with van der Waals surface area (Å²) in [5, 5.41) is 5.76. The fourth-order valence-corrected chi connectivity index (χ4v) is 4.46. The summed E-state index contributed by atoms with van der Waals surface area (Å²) >= 11 is 1.84. The van der Waals surface area contributed by atoms with Crippen LogP contribution in [0.4, 0.5) is 0 Å². The first kappa shape index (κ1) is 23.0. The third-order valence-electron chi connectivity index (χ3n) is 5.06. The zero-order valence-electron chi connectivity index (χ0n) is 16.9. The van der Waals surface area contributed by atoms with Gasteiger partial charge in [-0.3, -0.25) is 9.89 Å². The topological polar surface area (TPSA) is 40.1 Å². The summed E-state index contributed by atoms with van der Waals surface area (Å²) < 4.78 is 5.24. The van der Waals surface area contributed by atoms with Crippen LogP contribution in [0.25, 0.3) is 0 Å². The summed E-state index contributed by atoms with van der Waals surface area (Å²) in [7, 11) is 5.62. The molecule has 2 heterocycles. The summed E-state index contributed by atoms with van der Waals surface area (Å²) in [6.07, 6.45) is 2.60. The minimum absolute atomic E-state index is 0. The Kier molecular flexibility index (Phi) is 9.53. The Morgan fingerprint density at radius 1 is 1.25 bits per heavy atom. The minimum atomic E-state index is 0. The molecule has 0 aliphatic carbocycles. The monoisotopic (exact) mass is 514 g/mol. The summed E-state index contributed by atoms with van der Waals surface area (Å²) in [6.45, 7) is 4.05. The predicted molar refractivity (Wildman–Crippen MR) is 129 cm³/mol. The molecule has 1 aliphatic rings. The van der Waals surface area contributed by atoms with E-state index in [9.17, 15) is 0 Å². The van der Waals surface area contributed by atoms with Gasteiger partial charge in [0.05, 0.1) is 13.2 Å². The zero-order chi connectivity index (χ0) is 19.1. The fourth-order valence-electron chi connectivity index (χ4n) is 3.60. The first-order chi connectivity index (χ1) is 13.2. The largest absolute Gasteiger partial charge is 0.497 e. The van der Waals surface area contributed by atoms with Gasteiger partial charge in [0.25, 0.3) is 0 Å². The lowest BCUT2D eigenvalue weighted by Gasteiger charge is -2.29. The van der Waals surface area contributed by atoms with Crippen molar-refractivity contribution in [1.29, 1.82) is 0 Å². The van der Waals surface area contributed by atoms with Crippen LogP contribution in [0.15, 0.2) is 46.8 Å². The van der Waals surface area contributed by atoms with Gasteiger partial charge in [0.2, 0.25) is 0 Å². The molecule has 1 N–H and O–H groups in total. The molecule has 1 aromatic heterocycles. The van der Waals surface area contributed by atoms with Crippen molar-refractivity contribution in [3.63, 3.8) is 0 Å². The second-order valence-electron chi connectivity index (χ2n) is 6.91. The van der Waals surface area contributed by atoms with Crippen molar-refractivity contribution in [1.82, 2.24) is 15.1 Å². The maximum absolute atomic E-state index is 5.24. The Hall–Kier alpha value is -1.32. The molecular weight excluding hydrogens is 483 g/mol. The van der Waals surface area contributed by atoms with Gasteiger partial charge in [0.15, 0.2) is 5.96 Å². The molecule has 2 aromatic rings. The number of nitrogens with one attached hydrogen (secondary N) is 1. The fraction of sp³-hybridized carbons (Fsp3) is 0.476. The highest BCUT2D eigenvalue weighted by molar-refractivity contribution is 14.0. The smallest absolute Gasteiger partial charge is 0.193 e. The van der Waals surface area contributed by atoms with Gasteiger partial charge in [-0.05, 0) is 55.1 Å². The van der Waals surface area contributed by atoms with E-state index in [4.69, 9.17) is 4.74 Å². The van der Waals surface area contributed by atoms with E-state index in [1.165, 1.54) is 36.4 Å². The summed E-state index contributed by atoms with van der Waals surface area (Å²) in [6, 6.07) is 13.0. The van der Waals surface area contributed by atoms with Crippen LogP contribution in [-0.4, -0.2) is 56.6 Å². The van der Waals surface area contributed by atoms with Crippen LogP contribution in [0.1, 0.15) is 29.3 Å².